The molecule has 6 nitrogen and oxygen atoms in total. The van der Waals surface area contributed by atoms with Gasteiger partial charge in [0, 0.05) is 11.5 Å². The molecule has 2 rings (SSSR count). The van der Waals surface area contributed by atoms with Crippen molar-refractivity contribution in [1.82, 2.24) is 19.4 Å². The van der Waals surface area contributed by atoms with Crippen LogP contribution in [-0.4, -0.2) is 32.3 Å². The van der Waals surface area contributed by atoms with Crippen LogP contribution in [0.4, 0.5) is 0 Å². The number of nitrogens with zero attached hydrogens (tertiary/aromatic N) is 4. The van der Waals surface area contributed by atoms with Crippen LogP contribution in [0.1, 0.15) is 61.7 Å². The van der Waals surface area contributed by atoms with Crippen molar-refractivity contribution in [2.75, 3.05) is 7.11 Å². The smallest absolute Gasteiger partial charge is 0.228 e. The Bertz CT molecular complexity index is 652. The van der Waals surface area contributed by atoms with E-state index >= 15 is 0 Å². The molecule has 0 bridgehead atoms. The van der Waals surface area contributed by atoms with E-state index in [9.17, 15) is 4.79 Å². The van der Waals surface area contributed by atoms with E-state index < -0.39 is 0 Å². The Morgan fingerprint density at radius 1 is 1.38 bits per heavy atom. The fourth-order valence-corrected chi connectivity index (χ4v) is 2.86. The molecule has 21 heavy (non-hydrogen) atoms. The second-order valence-electron chi connectivity index (χ2n) is 6.13. The maximum absolute atomic E-state index is 12.9. The molecule has 7 heteroatoms. The first-order chi connectivity index (χ1) is 9.77. The van der Waals surface area contributed by atoms with Crippen molar-refractivity contribution in [1.29, 1.82) is 0 Å². The number of carbonyl (C=O) groups excluding carboxylic acids is 1. The molecule has 0 aliphatic rings. The fraction of sp³-hybridized carbons (Fsp3) is 0.571. The monoisotopic (exact) mass is 308 g/mol. The number of rotatable bonds is 4. The Hall–Kier alpha value is -1.76. The zero-order chi connectivity index (χ0) is 15.8. The van der Waals surface area contributed by atoms with E-state index in [0.29, 0.717) is 22.0 Å². The third-order valence-electron chi connectivity index (χ3n) is 3.09. The molecule has 2 heterocycles. The van der Waals surface area contributed by atoms with Gasteiger partial charge in [0.1, 0.15) is 4.88 Å². The molecule has 0 aliphatic heterocycles. The summed E-state index contributed by atoms with van der Waals surface area (Å²) >= 11 is 1.12. The topological polar surface area (TPSA) is 69.9 Å². The zero-order valence-electron chi connectivity index (χ0n) is 13.2. The van der Waals surface area contributed by atoms with Gasteiger partial charge in [0.25, 0.3) is 0 Å². The second-order valence-corrected chi connectivity index (χ2v) is 6.88. The minimum atomic E-state index is -0.242. The van der Waals surface area contributed by atoms with Gasteiger partial charge in [0.05, 0.1) is 19.0 Å². The minimum absolute atomic E-state index is 0.0619. The first kappa shape index (κ1) is 15.6. The minimum Gasteiger partial charge on any atom is -0.493 e. The summed E-state index contributed by atoms with van der Waals surface area (Å²) in [6.07, 6.45) is 1.57. The third-order valence-corrected chi connectivity index (χ3v) is 3.82. The average molecular weight is 308 g/mol. The van der Waals surface area contributed by atoms with E-state index in [4.69, 9.17) is 4.74 Å². The standard InChI is InChI=1S/C14H20N4O2S/c1-8(2)18-10(9(20-6)7-15-18)11(19)12-13(14(3,4)5)16-17-21-12/h7-8H,1-6H3. The molecular formula is C14H20N4O2S. The Balaban J connectivity index is 2.56. The van der Waals surface area contributed by atoms with Gasteiger partial charge in [-0.25, -0.2) is 0 Å². The van der Waals surface area contributed by atoms with Crippen molar-refractivity contribution in [2.24, 2.45) is 0 Å². The van der Waals surface area contributed by atoms with Crippen molar-refractivity contribution >= 4 is 17.3 Å². The van der Waals surface area contributed by atoms with Gasteiger partial charge in [0.2, 0.25) is 5.78 Å². The highest BCUT2D eigenvalue weighted by molar-refractivity contribution is 7.08. The number of ether oxygens (including phenoxy) is 1. The van der Waals surface area contributed by atoms with Gasteiger partial charge >= 0.3 is 0 Å². The SMILES string of the molecule is COc1cnn(C(C)C)c1C(=O)c1snnc1C(C)(C)C. The molecule has 0 unspecified atom stereocenters. The molecule has 0 aliphatic carbocycles. The van der Waals surface area contributed by atoms with Crippen LogP contribution in [0.5, 0.6) is 5.75 Å². The van der Waals surface area contributed by atoms with E-state index in [-0.39, 0.29) is 17.2 Å². The Morgan fingerprint density at radius 2 is 2.05 bits per heavy atom. The number of carbonyl (C=O) groups is 1. The maximum atomic E-state index is 12.9. The predicted molar refractivity (Wildman–Crippen MR) is 81.2 cm³/mol. The van der Waals surface area contributed by atoms with Crippen LogP contribution in [0.2, 0.25) is 0 Å². The summed E-state index contributed by atoms with van der Waals surface area (Å²) in [4.78, 5) is 13.5. The van der Waals surface area contributed by atoms with Crippen LogP contribution in [0, 0.1) is 0 Å². The van der Waals surface area contributed by atoms with E-state index in [0.717, 1.165) is 11.5 Å². The van der Waals surface area contributed by atoms with Crippen LogP contribution in [0.15, 0.2) is 6.20 Å². The van der Waals surface area contributed by atoms with E-state index in [1.54, 1.807) is 10.9 Å². The summed E-state index contributed by atoms with van der Waals surface area (Å²) in [6.45, 7) is 9.98. The predicted octanol–water partition coefficient (Wildman–Crippen LogP) is 2.85. The Kier molecular flexibility index (Phi) is 4.13. The molecule has 0 saturated heterocycles. The van der Waals surface area contributed by atoms with Crippen LogP contribution in [0.25, 0.3) is 0 Å². The quantitative estimate of drug-likeness (QED) is 0.812. The third kappa shape index (κ3) is 2.83. The molecule has 2 aromatic heterocycles. The fourth-order valence-electron chi connectivity index (χ4n) is 2.04. The largest absolute Gasteiger partial charge is 0.493 e. The van der Waals surface area contributed by atoms with Crippen molar-refractivity contribution in [2.45, 2.75) is 46.1 Å². The molecule has 0 saturated carbocycles. The van der Waals surface area contributed by atoms with E-state index in [2.05, 4.69) is 14.7 Å². The van der Waals surface area contributed by atoms with Crippen molar-refractivity contribution in [3.05, 3.63) is 22.5 Å². The molecule has 0 fully saturated rings. The van der Waals surface area contributed by atoms with Gasteiger partial charge in [-0.2, -0.15) is 5.10 Å². The number of aromatic nitrogens is 4. The summed E-state index contributed by atoms with van der Waals surface area (Å²) in [5.74, 6) is 0.333. The molecule has 0 amide bonds. The van der Waals surface area contributed by atoms with Crippen molar-refractivity contribution in [3.63, 3.8) is 0 Å². The highest BCUT2D eigenvalue weighted by Crippen LogP contribution is 2.31. The zero-order valence-corrected chi connectivity index (χ0v) is 14.0. The van der Waals surface area contributed by atoms with Gasteiger partial charge in [-0.05, 0) is 25.4 Å². The summed E-state index contributed by atoms with van der Waals surface area (Å²) in [7, 11) is 1.54. The second kappa shape index (κ2) is 5.55. The van der Waals surface area contributed by atoms with Crippen LogP contribution in [0.3, 0.4) is 0 Å². The highest BCUT2D eigenvalue weighted by atomic mass is 32.1. The summed E-state index contributed by atoms with van der Waals surface area (Å²) in [5.41, 5.74) is 0.911. The van der Waals surface area contributed by atoms with E-state index in [1.165, 1.54) is 7.11 Å². The first-order valence-electron chi connectivity index (χ1n) is 6.76. The number of hydrogen-bond donors (Lipinski definition) is 0. The van der Waals surface area contributed by atoms with Crippen LogP contribution >= 0.6 is 11.5 Å². The van der Waals surface area contributed by atoms with Gasteiger partial charge in [-0.15, -0.1) is 5.10 Å². The molecule has 0 radical (unpaired) electrons. The lowest BCUT2D eigenvalue weighted by Crippen LogP contribution is -2.19. The normalized spacial score (nSPS) is 12.0. The molecule has 0 spiro atoms. The van der Waals surface area contributed by atoms with Crippen molar-refractivity contribution in [3.8, 4) is 5.75 Å². The molecule has 0 atom stereocenters. The van der Waals surface area contributed by atoms with Gasteiger partial charge in [0.15, 0.2) is 11.4 Å². The van der Waals surface area contributed by atoms with Gasteiger partial charge < -0.3 is 4.74 Å². The average Bonchev–Trinajstić information content (AvgIpc) is 3.03. The maximum Gasteiger partial charge on any atom is 0.228 e. The van der Waals surface area contributed by atoms with Gasteiger partial charge in [-0.3, -0.25) is 9.48 Å². The van der Waals surface area contributed by atoms with Crippen LogP contribution in [-0.2, 0) is 5.41 Å². The molecule has 114 valence electrons. The molecule has 0 aromatic carbocycles. The van der Waals surface area contributed by atoms with Crippen molar-refractivity contribution < 1.29 is 9.53 Å². The number of ketones is 1. The lowest BCUT2D eigenvalue weighted by Gasteiger charge is -2.17. The molecular weight excluding hydrogens is 288 g/mol. The Labute approximate surface area is 128 Å². The summed E-state index contributed by atoms with van der Waals surface area (Å²) < 4.78 is 10.9. The molecule has 0 N–H and O–H groups in total. The van der Waals surface area contributed by atoms with Crippen LogP contribution < -0.4 is 4.74 Å². The molecule has 2 aromatic rings. The lowest BCUT2D eigenvalue weighted by atomic mass is 9.90. The number of hydrogen-bond acceptors (Lipinski definition) is 6. The highest BCUT2D eigenvalue weighted by Gasteiger charge is 2.31. The number of methoxy groups -OCH3 is 1. The Morgan fingerprint density at radius 3 is 2.57 bits per heavy atom. The summed E-state index contributed by atoms with van der Waals surface area (Å²) in [5, 5.41) is 8.37. The summed E-state index contributed by atoms with van der Waals surface area (Å²) in [6, 6.07) is 0.0619. The lowest BCUT2D eigenvalue weighted by molar-refractivity contribution is 0.102. The van der Waals surface area contributed by atoms with Gasteiger partial charge in [-0.1, -0.05) is 25.3 Å². The first-order valence-corrected chi connectivity index (χ1v) is 7.53. The van der Waals surface area contributed by atoms with E-state index in [1.807, 2.05) is 34.6 Å².